The van der Waals surface area contributed by atoms with Gasteiger partial charge in [0.2, 0.25) is 5.82 Å². The number of halogens is 4. The molecule has 1 unspecified atom stereocenters. The van der Waals surface area contributed by atoms with E-state index in [1.54, 1.807) is 31.2 Å². The van der Waals surface area contributed by atoms with Gasteiger partial charge in [0.15, 0.2) is 11.6 Å². The molecule has 1 aliphatic heterocycles. The third kappa shape index (κ3) is 4.26. The van der Waals surface area contributed by atoms with Crippen molar-refractivity contribution in [3.63, 3.8) is 0 Å². The van der Waals surface area contributed by atoms with Gasteiger partial charge in [-0.15, -0.1) is 0 Å². The Morgan fingerprint density at radius 3 is 2.49 bits per heavy atom. The summed E-state index contributed by atoms with van der Waals surface area (Å²) in [7, 11) is 0. The van der Waals surface area contributed by atoms with Gasteiger partial charge in [-0.25, -0.2) is 18.0 Å². The zero-order valence-electron chi connectivity index (χ0n) is 18.1. The van der Waals surface area contributed by atoms with E-state index < -0.39 is 29.5 Å². The predicted molar refractivity (Wildman–Crippen MR) is 124 cm³/mol. The summed E-state index contributed by atoms with van der Waals surface area (Å²) in [6, 6.07) is 14.2. The molecule has 1 N–H and O–H groups in total. The van der Waals surface area contributed by atoms with Crippen LogP contribution in [0.25, 0.3) is 17.0 Å². The van der Waals surface area contributed by atoms with Crippen LogP contribution in [0.5, 0.6) is 0 Å². The number of carbonyl (C=O) groups excluding carboxylic acids is 1. The summed E-state index contributed by atoms with van der Waals surface area (Å²) in [5.74, 6) is -2.24. The number of nitrogens with one attached hydrogen (secondary N) is 1. The Morgan fingerprint density at radius 1 is 1.00 bits per heavy atom. The first kappa shape index (κ1) is 22.7. The van der Waals surface area contributed by atoms with Gasteiger partial charge in [-0.1, -0.05) is 41.0 Å². The molecule has 0 bridgehead atoms. The maximum atomic E-state index is 14.0. The number of anilines is 1. The fraction of sp³-hybridized carbons (Fsp3) is 0.0800. The van der Waals surface area contributed by atoms with Crippen LogP contribution < -0.4 is 10.2 Å². The molecule has 0 saturated carbocycles. The van der Waals surface area contributed by atoms with Gasteiger partial charge in [0.1, 0.15) is 5.82 Å². The SMILES string of the molecule is CC1=C(c2nc(-c3cccc(Cl)c3)no2)C(c2ccc(F)cc2)NC(=O)N1c1ccc(F)c(F)c1. The third-order valence-corrected chi connectivity index (χ3v) is 5.82. The molecular weight excluding hydrogens is 481 g/mol. The normalized spacial score (nSPS) is 16.0. The Labute approximate surface area is 202 Å². The number of urea groups is 1. The number of aromatic nitrogens is 2. The van der Waals surface area contributed by atoms with E-state index in [0.29, 0.717) is 27.4 Å². The van der Waals surface area contributed by atoms with Crippen LogP contribution in [0, 0.1) is 17.5 Å². The summed E-state index contributed by atoms with van der Waals surface area (Å²) in [5, 5.41) is 7.34. The number of allylic oxidation sites excluding steroid dienone is 1. The molecule has 2 amide bonds. The van der Waals surface area contributed by atoms with Crippen molar-refractivity contribution in [1.82, 2.24) is 15.5 Å². The quantitative estimate of drug-likeness (QED) is 0.349. The number of rotatable bonds is 4. The first-order valence-electron chi connectivity index (χ1n) is 10.4. The van der Waals surface area contributed by atoms with Crippen LogP contribution in [0.4, 0.5) is 23.7 Å². The molecule has 0 spiro atoms. The lowest BCUT2D eigenvalue weighted by atomic mass is 9.94. The summed E-state index contributed by atoms with van der Waals surface area (Å²) in [6.45, 7) is 1.62. The van der Waals surface area contributed by atoms with Gasteiger partial charge in [-0.05, 0) is 48.9 Å². The van der Waals surface area contributed by atoms with E-state index in [2.05, 4.69) is 15.5 Å². The lowest BCUT2D eigenvalue weighted by molar-refractivity contribution is 0.244. The smallest absolute Gasteiger partial charge is 0.327 e. The molecule has 3 aromatic carbocycles. The molecule has 5 rings (SSSR count). The summed E-state index contributed by atoms with van der Waals surface area (Å²) in [4.78, 5) is 18.8. The molecule has 1 atom stereocenters. The third-order valence-electron chi connectivity index (χ3n) is 5.59. The van der Waals surface area contributed by atoms with E-state index in [-0.39, 0.29) is 17.4 Å². The van der Waals surface area contributed by atoms with Crippen molar-refractivity contribution < 1.29 is 22.5 Å². The van der Waals surface area contributed by atoms with Crippen LogP contribution in [0.3, 0.4) is 0 Å². The molecule has 176 valence electrons. The molecule has 10 heteroatoms. The van der Waals surface area contributed by atoms with Crippen molar-refractivity contribution in [2.45, 2.75) is 13.0 Å². The van der Waals surface area contributed by atoms with Crippen LogP contribution in [-0.4, -0.2) is 16.2 Å². The van der Waals surface area contributed by atoms with Crippen LogP contribution in [0.15, 0.2) is 77.0 Å². The van der Waals surface area contributed by atoms with Gasteiger partial charge < -0.3 is 9.84 Å². The number of hydrogen-bond donors (Lipinski definition) is 1. The molecule has 1 aromatic heterocycles. The average molecular weight is 497 g/mol. The minimum absolute atomic E-state index is 0.0828. The molecule has 0 aliphatic carbocycles. The predicted octanol–water partition coefficient (Wildman–Crippen LogP) is 6.51. The zero-order valence-corrected chi connectivity index (χ0v) is 18.9. The lowest BCUT2D eigenvalue weighted by Crippen LogP contribution is -2.46. The van der Waals surface area contributed by atoms with Crippen LogP contribution >= 0.6 is 11.6 Å². The second kappa shape index (κ2) is 8.92. The molecule has 2 heterocycles. The highest BCUT2D eigenvalue weighted by Crippen LogP contribution is 2.39. The summed E-state index contributed by atoms with van der Waals surface area (Å²) in [5.41, 5.74) is 2.02. The van der Waals surface area contributed by atoms with Crippen molar-refractivity contribution in [3.05, 3.63) is 106 Å². The van der Waals surface area contributed by atoms with Gasteiger partial charge >= 0.3 is 6.03 Å². The fourth-order valence-corrected chi connectivity index (χ4v) is 4.13. The summed E-state index contributed by atoms with van der Waals surface area (Å²) in [6.07, 6.45) is 0. The number of nitrogens with zero attached hydrogens (tertiary/aromatic N) is 3. The fourth-order valence-electron chi connectivity index (χ4n) is 3.94. The van der Waals surface area contributed by atoms with E-state index in [9.17, 15) is 18.0 Å². The molecule has 35 heavy (non-hydrogen) atoms. The highest BCUT2D eigenvalue weighted by atomic mass is 35.5. The highest BCUT2D eigenvalue weighted by Gasteiger charge is 2.36. The first-order chi connectivity index (χ1) is 16.8. The monoisotopic (exact) mass is 496 g/mol. The van der Waals surface area contributed by atoms with Gasteiger partial charge in [-0.2, -0.15) is 4.98 Å². The Kier molecular flexibility index (Phi) is 5.78. The maximum Gasteiger partial charge on any atom is 0.327 e. The Morgan fingerprint density at radius 2 is 1.77 bits per heavy atom. The minimum atomic E-state index is -1.11. The average Bonchev–Trinajstić information content (AvgIpc) is 3.31. The topological polar surface area (TPSA) is 71.3 Å². The molecule has 6 nitrogen and oxygen atoms in total. The Balaban J connectivity index is 1.66. The van der Waals surface area contributed by atoms with E-state index in [4.69, 9.17) is 16.1 Å². The Bertz CT molecular complexity index is 1470. The van der Waals surface area contributed by atoms with Gasteiger partial charge in [0, 0.05) is 22.3 Å². The number of benzene rings is 3. The summed E-state index contributed by atoms with van der Waals surface area (Å²) < 4.78 is 46.6. The van der Waals surface area contributed by atoms with Crippen molar-refractivity contribution in [3.8, 4) is 11.4 Å². The number of carbonyl (C=O) groups is 1. The molecule has 0 fully saturated rings. The van der Waals surface area contributed by atoms with Crippen molar-refractivity contribution in [1.29, 1.82) is 0 Å². The van der Waals surface area contributed by atoms with Gasteiger partial charge in [-0.3, -0.25) is 4.90 Å². The largest absolute Gasteiger partial charge is 0.334 e. The van der Waals surface area contributed by atoms with E-state index in [1.807, 2.05) is 0 Å². The second-order valence-corrected chi connectivity index (χ2v) is 8.24. The van der Waals surface area contributed by atoms with Crippen molar-refractivity contribution >= 4 is 28.9 Å². The first-order valence-corrected chi connectivity index (χ1v) is 10.8. The molecular formula is C25H16ClF3N4O2. The minimum Gasteiger partial charge on any atom is -0.334 e. The molecule has 1 aliphatic rings. The molecule has 0 saturated heterocycles. The Hall–Kier alpha value is -4.11. The van der Waals surface area contributed by atoms with Crippen molar-refractivity contribution in [2.75, 3.05) is 4.90 Å². The van der Waals surface area contributed by atoms with Gasteiger partial charge in [0.05, 0.1) is 17.3 Å². The van der Waals surface area contributed by atoms with E-state index in [0.717, 1.165) is 12.1 Å². The maximum absolute atomic E-state index is 14.0. The standard InChI is InChI=1S/C25H16ClF3N4O2/c1-13-21(24-31-23(32-35-24)15-3-2-4-16(26)11-15)22(14-5-7-17(27)8-6-14)30-25(34)33(13)18-9-10-19(28)20(29)12-18/h2-12,22H,1H3,(H,30,34). The van der Waals surface area contributed by atoms with Crippen LogP contribution in [-0.2, 0) is 0 Å². The van der Waals surface area contributed by atoms with Crippen LogP contribution in [0.2, 0.25) is 5.02 Å². The van der Waals surface area contributed by atoms with Crippen LogP contribution in [0.1, 0.15) is 24.4 Å². The molecule has 0 radical (unpaired) electrons. The zero-order chi connectivity index (χ0) is 24.7. The molecule has 4 aromatic rings. The summed E-state index contributed by atoms with van der Waals surface area (Å²) >= 11 is 6.08. The van der Waals surface area contributed by atoms with Crippen molar-refractivity contribution in [2.24, 2.45) is 0 Å². The number of hydrogen-bond acceptors (Lipinski definition) is 4. The number of amides is 2. The van der Waals surface area contributed by atoms with E-state index >= 15 is 0 Å². The lowest BCUT2D eigenvalue weighted by Gasteiger charge is -2.35. The van der Waals surface area contributed by atoms with Gasteiger partial charge in [0.25, 0.3) is 5.89 Å². The second-order valence-electron chi connectivity index (χ2n) is 7.80. The van der Waals surface area contributed by atoms with E-state index in [1.165, 1.54) is 35.2 Å². The highest BCUT2D eigenvalue weighted by molar-refractivity contribution is 6.30.